The minimum Gasteiger partial charge on any atom is -0.508 e. The van der Waals surface area contributed by atoms with Gasteiger partial charge in [0.2, 0.25) is 17.7 Å². The zero-order valence-corrected chi connectivity index (χ0v) is 21.9. The fourth-order valence-electron chi connectivity index (χ4n) is 3.35. The Balaban J connectivity index is 3.14. The van der Waals surface area contributed by atoms with Crippen LogP contribution in [0.2, 0.25) is 0 Å². The molecule has 0 spiro atoms. The van der Waals surface area contributed by atoms with Gasteiger partial charge in [-0.05, 0) is 48.5 Å². The highest BCUT2D eigenvalue weighted by molar-refractivity contribution is 7.98. The second-order valence-corrected chi connectivity index (χ2v) is 9.99. The van der Waals surface area contributed by atoms with Gasteiger partial charge in [-0.2, -0.15) is 11.8 Å². The maximum absolute atomic E-state index is 13.2. The molecule has 206 valence electrons. The van der Waals surface area contributed by atoms with Gasteiger partial charge in [0.15, 0.2) is 0 Å². The van der Waals surface area contributed by atoms with Crippen molar-refractivity contribution in [3.63, 3.8) is 0 Å². The van der Waals surface area contributed by atoms with Gasteiger partial charge >= 0.3 is 11.9 Å². The van der Waals surface area contributed by atoms with Gasteiger partial charge in [-0.3, -0.25) is 19.2 Å². The van der Waals surface area contributed by atoms with E-state index in [1.165, 1.54) is 36.0 Å². The summed E-state index contributed by atoms with van der Waals surface area (Å²) in [6, 6.07) is 0.949. The average Bonchev–Trinajstić information content (AvgIpc) is 2.81. The van der Waals surface area contributed by atoms with Gasteiger partial charge in [0.25, 0.3) is 0 Å². The Bertz CT molecular complexity index is 941. The molecule has 0 fully saturated rings. The van der Waals surface area contributed by atoms with E-state index in [4.69, 9.17) is 10.8 Å². The SMILES string of the molecule is CSCCC(N)C(=O)NC(CC(C)C)C(=O)NC(Cc1ccc(O)cc1)C(=O)NC(CC(=O)O)C(=O)O. The van der Waals surface area contributed by atoms with Crippen LogP contribution in [0.3, 0.4) is 0 Å². The van der Waals surface area contributed by atoms with Crippen molar-refractivity contribution in [2.75, 3.05) is 12.0 Å². The summed E-state index contributed by atoms with van der Waals surface area (Å²) in [5.41, 5.74) is 6.46. The predicted octanol–water partition coefficient (Wildman–Crippen LogP) is 0.0749. The maximum Gasteiger partial charge on any atom is 0.326 e. The van der Waals surface area contributed by atoms with E-state index in [2.05, 4.69) is 16.0 Å². The average molecular weight is 541 g/mol. The van der Waals surface area contributed by atoms with Crippen molar-refractivity contribution in [3.05, 3.63) is 29.8 Å². The number of rotatable bonds is 16. The molecule has 4 unspecified atom stereocenters. The molecule has 0 heterocycles. The first kappa shape index (κ1) is 31.7. The Kier molecular flexibility index (Phi) is 13.5. The molecule has 0 radical (unpaired) electrons. The standard InChI is InChI=1S/C24H36N4O8S/c1-13(2)10-17(26-21(32)16(25)8-9-37-3)22(33)27-18(11-14-4-6-15(29)7-5-14)23(34)28-19(24(35)36)12-20(30)31/h4-7,13,16-19,29H,8-12,25H2,1-3H3,(H,26,32)(H,27,33)(H,28,34)(H,30,31)(H,35,36). The first-order chi connectivity index (χ1) is 17.3. The Morgan fingerprint density at radius 3 is 1.95 bits per heavy atom. The molecule has 4 atom stereocenters. The van der Waals surface area contributed by atoms with Crippen molar-refractivity contribution in [3.8, 4) is 5.75 Å². The summed E-state index contributed by atoms with van der Waals surface area (Å²) in [6.07, 6.45) is 1.59. The summed E-state index contributed by atoms with van der Waals surface area (Å²) in [5.74, 6) is -4.44. The van der Waals surface area contributed by atoms with Crippen molar-refractivity contribution < 1.29 is 39.3 Å². The van der Waals surface area contributed by atoms with Crippen LogP contribution in [-0.2, 0) is 30.4 Å². The molecule has 0 aromatic heterocycles. The minimum absolute atomic E-state index is 0.00481. The lowest BCUT2D eigenvalue weighted by Crippen LogP contribution is -2.58. The van der Waals surface area contributed by atoms with E-state index in [1.807, 2.05) is 20.1 Å². The van der Waals surface area contributed by atoms with Crippen LogP contribution in [0.25, 0.3) is 0 Å². The van der Waals surface area contributed by atoms with E-state index >= 15 is 0 Å². The van der Waals surface area contributed by atoms with Crippen molar-refractivity contribution in [2.45, 2.75) is 63.7 Å². The van der Waals surface area contributed by atoms with Crippen LogP contribution in [0, 0.1) is 5.92 Å². The number of carbonyl (C=O) groups excluding carboxylic acids is 3. The summed E-state index contributed by atoms with van der Waals surface area (Å²) in [5, 5.41) is 35.1. The molecule has 8 N–H and O–H groups in total. The second kappa shape index (κ2) is 15.7. The third-order valence-electron chi connectivity index (χ3n) is 5.31. The van der Waals surface area contributed by atoms with Crippen molar-refractivity contribution in [1.82, 2.24) is 16.0 Å². The third-order valence-corrected chi connectivity index (χ3v) is 5.96. The number of aromatic hydroxyl groups is 1. The molecule has 1 aromatic carbocycles. The van der Waals surface area contributed by atoms with Gasteiger partial charge in [0, 0.05) is 6.42 Å². The number of aliphatic carboxylic acids is 2. The molecule has 1 aromatic rings. The summed E-state index contributed by atoms with van der Waals surface area (Å²) in [6.45, 7) is 3.70. The zero-order valence-electron chi connectivity index (χ0n) is 21.1. The van der Waals surface area contributed by atoms with Crippen LogP contribution in [0.5, 0.6) is 5.75 Å². The molecular formula is C24H36N4O8S. The first-order valence-corrected chi connectivity index (χ1v) is 13.1. The van der Waals surface area contributed by atoms with Gasteiger partial charge in [0.05, 0.1) is 12.5 Å². The number of phenolic OH excluding ortho intramolecular Hbond substituents is 1. The molecule has 13 heteroatoms. The lowest BCUT2D eigenvalue weighted by molar-refractivity contribution is -0.147. The number of benzene rings is 1. The highest BCUT2D eigenvalue weighted by Crippen LogP contribution is 2.13. The van der Waals surface area contributed by atoms with Crippen LogP contribution in [-0.4, -0.2) is 81.2 Å². The fourth-order valence-corrected chi connectivity index (χ4v) is 3.84. The summed E-state index contributed by atoms with van der Waals surface area (Å²) in [7, 11) is 0. The smallest absolute Gasteiger partial charge is 0.326 e. The van der Waals surface area contributed by atoms with Crippen LogP contribution < -0.4 is 21.7 Å². The number of carboxylic acid groups (broad SMARTS) is 2. The number of hydrogen-bond acceptors (Lipinski definition) is 8. The number of amides is 3. The Labute approximate surface area is 219 Å². The highest BCUT2D eigenvalue weighted by Gasteiger charge is 2.31. The fraction of sp³-hybridized carbons (Fsp3) is 0.542. The molecule has 0 aliphatic rings. The Morgan fingerprint density at radius 2 is 1.43 bits per heavy atom. The monoisotopic (exact) mass is 540 g/mol. The lowest BCUT2D eigenvalue weighted by atomic mass is 10.00. The van der Waals surface area contributed by atoms with Gasteiger partial charge in [0.1, 0.15) is 23.9 Å². The van der Waals surface area contributed by atoms with E-state index in [0.29, 0.717) is 17.7 Å². The molecule has 12 nitrogen and oxygen atoms in total. The molecule has 0 aliphatic carbocycles. The zero-order chi connectivity index (χ0) is 28.1. The van der Waals surface area contributed by atoms with Crippen LogP contribution in [0.1, 0.15) is 38.7 Å². The number of carboxylic acids is 2. The summed E-state index contributed by atoms with van der Waals surface area (Å²) in [4.78, 5) is 61.2. The summed E-state index contributed by atoms with van der Waals surface area (Å²) >= 11 is 1.53. The molecule has 37 heavy (non-hydrogen) atoms. The van der Waals surface area contributed by atoms with Crippen LogP contribution in [0.15, 0.2) is 24.3 Å². The third kappa shape index (κ3) is 12.0. The quantitative estimate of drug-likeness (QED) is 0.150. The number of thioether (sulfide) groups is 1. The molecule has 0 saturated carbocycles. The molecule has 0 bridgehead atoms. The van der Waals surface area contributed by atoms with Crippen LogP contribution >= 0.6 is 11.8 Å². The number of hydrogen-bond donors (Lipinski definition) is 7. The van der Waals surface area contributed by atoms with Crippen molar-refractivity contribution >= 4 is 41.4 Å². The summed E-state index contributed by atoms with van der Waals surface area (Å²) < 4.78 is 0. The Morgan fingerprint density at radius 1 is 0.892 bits per heavy atom. The second-order valence-electron chi connectivity index (χ2n) is 9.01. The van der Waals surface area contributed by atoms with Crippen molar-refractivity contribution in [2.24, 2.45) is 11.7 Å². The number of phenols is 1. The number of carbonyl (C=O) groups is 5. The number of nitrogens with two attached hydrogens (primary N) is 1. The predicted molar refractivity (Wildman–Crippen MR) is 138 cm³/mol. The van der Waals surface area contributed by atoms with E-state index in [-0.39, 0.29) is 24.5 Å². The highest BCUT2D eigenvalue weighted by atomic mass is 32.2. The van der Waals surface area contributed by atoms with E-state index in [9.17, 15) is 34.2 Å². The Hall–Kier alpha value is -3.32. The van der Waals surface area contributed by atoms with E-state index < -0.39 is 60.2 Å². The topological polar surface area (TPSA) is 208 Å². The molecule has 3 amide bonds. The van der Waals surface area contributed by atoms with Gasteiger partial charge in [-0.15, -0.1) is 0 Å². The van der Waals surface area contributed by atoms with Gasteiger partial charge in [-0.1, -0.05) is 26.0 Å². The molecular weight excluding hydrogens is 504 g/mol. The number of nitrogens with one attached hydrogen (secondary N) is 3. The van der Waals surface area contributed by atoms with Gasteiger partial charge < -0.3 is 37.0 Å². The van der Waals surface area contributed by atoms with Gasteiger partial charge in [-0.25, -0.2) is 4.79 Å². The largest absolute Gasteiger partial charge is 0.508 e. The van der Waals surface area contributed by atoms with Crippen LogP contribution in [0.4, 0.5) is 0 Å². The maximum atomic E-state index is 13.2. The van der Waals surface area contributed by atoms with Crippen molar-refractivity contribution in [1.29, 1.82) is 0 Å². The van der Waals surface area contributed by atoms with E-state index in [1.54, 1.807) is 0 Å². The first-order valence-electron chi connectivity index (χ1n) is 11.7. The molecule has 0 saturated heterocycles. The molecule has 1 rings (SSSR count). The normalized spacial score (nSPS) is 14.2. The lowest BCUT2D eigenvalue weighted by Gasteiger charge is -2.26. The molecule has 0 aliphatic heterocycles. The minimum atomic E-state index is -1.72. The van der Waals surface area contributed by atoms with E-state index in [0.717, 1.165) is 0 Å².